The Morgan fingerprint density at radius 3 is 2.58 bits per heavy atom. The molecule has 0 aromatic heterocycles. The molecule has 1 N–H and O–H groups in total. The second kappa shape index (κ2) is 7.04. The first-order chi connectivity index (χ1) is 11.7. The van der Waals surface area contributed by atoms with Crippen LogP contribution in [0.2, 0.25) is 0 Å². The second-order valence-corrected chi connectivity index (χ2v) is 5.16. The summed E-state index contributed by atoms with van der Waals surface area (Å²) in [5, 5.41) is 4.14. The Hall–Kier alpha value is -3.02. The van der Waals surface area contributed by atoms with Crippen molar-refractivity contribution in [3.8, 4) is 17.2 Å². The summed E-state index contributed by atoms with van der Waals surface area (Å²) >= 11 is 0. The van der Waals surface area contributed by atoms with Gasteiger partial charge in [0.05, 0.1) is 12.3 Å². The molecule has 0 saturated heterocycles. The van der Waals surface area contributed by atoms with Crippen LogP contribution in [0.4, 0.5) is 0 Å². The number of carbonyl (C=O) groups is 1. The fraction of sp³-hybridized carbons (Fsp3) is 0.222. The van der Waals surface area contributed by atoms with Gasteiger partial charge in [0.15, 0.2) is 11.5 Å². The molecule has 0 saturated carbocycles. The first-order valence-corrected chi connectivity index (χ1v) is 7.65. The average Bonchev–Trinajstić information content (AvgIpc) is 3.08. The highest BCUT2D eigenvalue weighted by Crippen LogP contribution is 2.32. The molecule has 0 spiro atoms. The lowest BCUT2D eigenvalue weighted by Gasteiger charge is -2.06. The molecule has 6 heteroatoms. The summed E-state index contributed by atoms with van der Waals surface area (Å²) in [5.74, 6) is 1.70. The summed E-state index contributed by atoms with van der Waals surface area (Å²) < 4.78 is 15.9. The van der Waals surface area contributed by atoms with Crippen LogP contribution >= 0.6 is 0 Å². The van der Waals surface area contributed by atoms with E-state index in [9.17, 15) is 4.79 Å². The van der Waals surface area contributed by atoms with Gasteiger partial charge in [0.2, 0.25) is 6.79 Å². The molecule has 2 aromatic rings. The third kappa shape index (κ3) is 3.48. The van der Waals surface area contributed by atoms with Gasteiger partial charge in [-0.05, 0) is 61.9 Å². The Morgan fingerprint density at radius 2 is 1.83 bits per heavy atom. The van der Waals surface area contributed by atoms with Crippen molar-refractivity contribution in [2.75, 3.05) is 13.4 Å². The molecule has 0 unspecified atom stereocenters. The Morgan fingerprint density at radius 1 is 1.12 bits per heavy atom. The van der Waals surface area contributed by atoms with Gasteiger partial charge in [-0.15, -0.1) is 0 Å². The van der Waals surface area contributed by atoms with Crippen LogP contribution in [0.25, 0.3) is 0 Å². The van der Waals surface area contributed by atoms with Crippen molar-refractivity contribution in [3.05, 3.63) is 53.6 Å². The monoisotopic (exact) mass is 326 g/mol. The molecule has 1 aliphatic rings. The van der Waals surface area contributed by atoms with Crippen LogP contribution in [0.15, 0.2) is 47.6 Å². The molecule has 0 fully saturated rings. The highest BCUT2D eigenvalue weighted by atomic mass is 16.7. The molecule has 0 radical (unpaired) electrons. The molecule has 0 atom stereocenters. The third-order valence-corrected chi connectivity index (χ3v) is 3.54. The summed E-state index contributed by atoms with van der Waals surface area (Å²) in [6, 6.07) is 12.6. The third-order valence-electron chi connectivity index (χ3n) is 3.54. The summed E-state index contributed by atoms with van der Waals surface area (Å²) in [4.78, 5) is 12.2. The van der Waals surface area contributed by atoms with Gasteiger partial charge in [-0.1, -0.05) is 0 Å². The second-order valence-electron chi connectivity index (χ2n) is 5.16. The lowest BCUT2D eigenvalue weighted by molar-refractivity contribution is 0.0954. The molecular weight excluding hydrogens is 308 g/mol. The number of benzene rings is 2. The maximum absolute atomic E-state index is 12.2. The van der Waals surface area contributed by atoms with Gasteiger partial charge in [-0.3, -0.25) is 4.79 Å². The number of fused-ring (bicyclic) bond motifs is 1. The Bertz CT molecular complexity index is 769. The normalized spacial score (nSPS) is 12.8. The summed E-state index contributed by atoms with van der Waals surface area (Å²) in [5.41, 5.74) is 4.62. The Labute approximate surface area is 140 Å². The number of rotatable bonds is 5. The van der Waals surface area contributed by atoms with E-state index in [0.29, 0.717) is 29.4 Å². The summed E-state index contributed by atoms with van der Waals surface area (Å²) in [6.07, 6.45) is 0. The number of hydrogen-bond donors (Lipinski definition) is 1. The minimum atomic E-state index is -0.307. The lowest BCUT2D eigenvalue weighted by atomic mass is 10.1. The lowest BCUT2D eigenvalue weighted by Crippen LogP contribution is -2.19. The predicted molar refractivity (Wildman–Crippen MR) is 89.9 cm³/mol. The van der Waals surface area contributed by atoms with E-state index in [1.165, 1.54) is 0 Å². The SMILES string of the molecule is CCOc1ccc(/C(C)=N\NC(=O)c2ccc3c(c2)OCO3)cc1. The molecule has 24 heavy (non-hydrogen) atoms. The van der Waals surface area contributed by atoms with Crippen LogP contribution in [0.5, 0.6) is 17.2 Å². The minimum Gasteiger partial charge on any atom is -0.494 e. The van der Waals surface area contributed by atoms with Crippen molar-refractivity contribution in [2.45, 2.75) is 13.8 Å². The molecular formula is C18H18N2O4. The Balaban J connectivity index is 1.66. The van der Waals surface area contributed by atoms with Crippen LogP contribution in [0.3, 0.4) is 0 Å². The molecule has 1 aliphatic heterocycles. The van der Waals surface area contributed by atoms with E-state index in [4.69, 9.17) is 14.2 Å². The molecule has 1 amide bonds. The van der Waals surface area contributed by atoms with E-state index in [0.717, 1.165) is 11.3 Å². The number of amides is 1. The zero-order valence-electron chi connectivity index (χ0n) is 13.5. The topological polar surface area (TPSA) is 69.2 Å². The van der Waals surface area contributed by atoms with E-state index in [2.05, 4.69) is 10.5 Å². The molecule has 6 nitrogen and oxygen atoms in total. The predicted octanol–water partition coefficient (Wildman–Crippen LogP) is 2.97. The van der Waals surface area contributed by atoms with Crippen molar-refractivity contribution in [1.82, 2.24) is 5.43 Å². The summed E-state index contributed by atoms with van der Waals surface area (Å²) in [7, 11) is 0. The van der Waals surface area contributed by atoms with Gasteiger partial charge in [0.1, 0.15) is 5.75 Å². The van der Waals surface area contributed by atoms with Gasteiger partial charge in [0, 0.05) is 5.56 Å². The van der Waals surface area contributed by atoms with Crippen LogP contribution in [0.1, 0.15) is 29.8 Å². The highest BCUT2D eigenvalue weighted by molar-refractivity contribution is 6.01. The molecule has 0 bridgehead atoms. The number of ether oxygens (including phenoxy) is 3. The standard InChI is InChI=1S/C18H18N2O4/c1-3-22-15-7-4-13(5-8-15)12(2)19-20-18(21)14-6-9-16-17(10-14)24-11-23-16/h4-10H,3,11H2,1-2H3,(H,20,21)/b19-12-. The molecule has 2 aromatic carbocycles. The smallest absolute Gasteiger partial charge is 0.271 e. The maximum Gasteiger partial charge on any atom is 0.271 e. The molecule has 0 aliphatic carbocycles. The van der Waals surface area contributed by atoms with E-state index >= 15 is 0 Å². The molecule has 1 heterocycles. The van der Waals surface area contributed by atoms with Gasteiger partial charge < -0.3 is 14.2 Å². The van der Waals surface area contributed by atoms with Crippen molar-refractivity contribution < 1.29 is 19.0 Å². The average molecular weight is 326 g/mol. The number of carbonyl (C=O) groups excluding carboxylic acids is 1. The van der Waals surface area contributed by atoms with Crippen LogP contribution in [-0.2, 0) is 0 Å². The van der Waals surface area contributed by atoms with E-state index in [1.54, 1.807) is 18.2 Å². The van der Waals surface area contributed by atoms with Crippen molar-refractivity contribution in [3.63, 3.8) is 0 Å². The van der Waals surface area contributed by atoms with Crippen molar-refractivity contribution in [1.29, 1.82) is 0 Å². The van der Waals surface area contributed by atoms with Gasteiger partial charge >= 0.3 is 0 Å². The number of hydrazone groups is 1. The quantitative estimate of drug-likeness (QED) is 0.677. The summed E-state index contributed by atoms with van der Waals surface area (Å²) in [6.45, 7) is 4.56. The zero-order valence-corrected chi connectivity index (χ0v) is 13.5. The van der Waals surface area contributed by atoms with Gasteiger partial charge in [0.25, 0.3) is 5.91 Å². The zero-order chi connectivity index (χ0) is 16.9. The molecule has 3 rings (SSSR count). The fourth-order valence-electron chi connectivity index (χ4n) is 2.26. The van der Waals surface area contributed by atoms with E-state index in [-0.39, 0.29) is 12.7 Å². The molecule has 124 valence electrons. The van der Waals surface area contributed by atoms with Crippen LogP contribution < -0.4 is 19.6 Å². The minimum absolute atomic E-state index is 0.176. The van der Waals surface area contributed by atoms with Crippen LogP contribution in [-0.4, -0.2) is 25.0 Å². The number of nitrogens with zero attached hydrogens (tertiary/aromatic N) is 1. The van der Waals surface area contributed by atoms with E-state index < -0.39 is 0 Å². The largest absolute Gasteiger partial charge is 0.494 e. The van der Waals surface area contributed by atoms with Crippen molar-refractivity contribution >= 4 is 11.6 Å². The van der Waals surface area contributed by atoms with Gasteiger partial charge in [-0.2, -0.15) is 5.10 Å². The van der Waals surface area contributed by atoms with Crippen LogP contribution in [0, 0.1) is 0 Å². The number of nitrogens with one attached hydrogen (secondary N) is 1. The first kappa shape index (κ1) is 15.9. The number of hydrogen-bond acceptors (Lipinski definition) is 5. The van der Waals surface area contributed by atoms with E-state index in [1.807, 2.05) is 38.1 Å². The highest BCUT2D eigenvalue weighted by Gasteiger charge is 2.16. The first-order valence-electron chi connectivity index (χ1n) is 7.65. The maximum atomic E-state index is 12.2. The van der Waals surface area contributed by atoms with Gasteiger partial charge in [-0.25, -0.2) is 5.43 Å². The van der Waals surface area contributed by atoms with Crippen molar-refractivity contribution in [2.24, 2.45) is 5.10 Å². The fourth-order valence-corrected chi connectivity index (χ4v) is 2.26. The Kier molecular flexibility index (Phi) is 4.65.